The Balaban J connectivity index is 3.10. The summed E-state index contributed by atoms with van der Waals surface area (Å²) in [6.45, 7) is 6.17. The van der Waals surface area contributed by atoms with E-state index in [0.717, 1.165) is 0 Å². The summed E-state index contributed by atoms with van der Waals surface area (Å²) in [4.78, 5) is 10.7. The first kappa shape index (κ1) is 13.9. The average molecular weight is 269 g/mol. The molecule has 0 heterocycles. The van der Waals surface area contributed by atoms with Gasteiger partial charge in [0.25, 0.3) is 0 Å². The highest BCUT2D eigenvalue weighted by Crippen LogP contribution is 1.99. The summed E-state index contributed by atoms with van der Waals surface area (Å²) >= 11 is 3.11. The first-order valence-corrected chi connectivity index (χ1v) is 5.56. The third-order valence-electron chi connectivity index (χ3n) is 1.37. The highest BCUT2D eigenvalue weighted by atomic mass is 79.9. The van der Waals surface area contributed by atoms with Crippen molar-refractivity contribution in [2.45, 2.75) is 18.7 Å². The summed E-state index contributed by atoms with van der Waals surface area (Å²) in [6.07, 6.45) is 0. The van der Waals surface area contributed by atoms with Crippen molar-refractivity contribution >= 4 is 21.9 Å². The molecule has 0 aromatic carbocycles. The fraction of sp³-hybridized carbons (Fsp3) is 0.889. The second-order valence-corrected chi connectivity index (χ2v) is 3.97. The van der Waals surface area contributed by atoms with Crippen LogP contribution in [0.25, 0.3) is 0 Å². The lowest BCUT2D eigenvalue weighted by Crippen LogP contribution is -2.17. The van der Waals surface area contributed by atoms with Gasteiger partial charge in [-0.15, -0.1) is 0 Å². The van der Waals surface area contributed by atoms with E-state index in [-0.39, 0.29) is 10.8 Å². The molecule has 4 nitrogen and oxygen atoms in total. The summed E-state index contributed by atoms with van der Waals surface area (Å²) in [5.41, 5.74) is 0. The van der Waals surface area contributed by atoms with Crippen molar-refractivity contribution in [3.63, 3.8) is 0 Å². The lowest BCUT2D eigenvalue weighted by atomic mass is 10.5. The molecule has 0 radical (unpaired) electrons. The van der Waals surface area contributed by atoms with Gasteiger partial charge in [-0.05, 0) is 13.8 Å². The predicted molar refractivity (Wildman–Crippen MR) is 56.7 cm³/mol. The van der Waals surface area contributed by atoms with Crippen molar-refractivity contribution in [3.8, 4) is 0 Å². The topological polar surface area (TPSA) is 44.8 Å². The molecule has 0 spiro atoms. The van der Waals surface area contributed by atoms with Gasteiger partial charge in [-0.25, -0.2) is 0 Å². The molecule has 0 aromatic rings. The minimum Gasteiger partial charge on any atom is -0.462 e. The summed E-state index contributed by atoms with van der Waals surface area (Å²) in [5.74, 6) is -0.265. The van der Waals surface area contributed by atoms with Crippen LogP contribution in [-0.2, 0) is 19.0 Å². The van der Waals surface area contributed by atoms with Crippen LogP contribution in [0.2, 0.25) is 0 Å². The number of hydrogen-bond donors (Lipinski definition) is 0. The van der Waals surface area contributed by atoms with E-state index in [1.54, 1.807) is 6.92 Å². The van der Waals surface area contributed by atoms with Gasteiger partial charge in [-0.2, -0.15) is 0 Å². The van der Waals surface area contributed by atoms with E-state index >= 15 is 0 Å². The quantitative estimate of drug-likeness (QED) is 0.379. The van der Waals surface area contributed by atoms with Gasteiger partial charge in [0, 0.05) is 6.61 Å². The normalized spacial score (nSPS) is 12.5. The molecule has 0 rings (SSSR count). The number of carbonyl (C=O) groups excluding carboxylic acids is 1. The fourth-order valence-corrected chi connectivity index (χ4v) is 0.812. The SMILES string of the molecule is CCOCCOCCOC(=O)[C@@H](C)Br. The maximum Gasteiger partial charge on any atom is 0.319 e. The van der Waals surface area contributed by atoms with Gasteiger partial charge >= 0.3 is 5.97 Å². The second-order valence-electron chi connectivity index (χ2n) is 2.59. The Labute approximate surface area is 93.0 Å². The van der Waals surface area contributed by atoms with Crippen LogP contribution in [0.15, 0.2) is 0 Å². The Morgan fingerprint density at radius 2 is 1.79 bits per heavy atom. The molecule has 84 valence electrons. The smallest absolute Gasteiger partial charge is 0.319 e. The van der Waals surface area contributed by atoms with Gasteiger partial charge in [-0.1, -0.05) is 15.9 Å². The number of hydrogen-bond acceptors (Lipinski definition) is 4. The molecule has 1 atom stereocenters. The molecule has 5 heteroatoms. The summed E-state index contributed by atoms with van der Waals surface area (Å²) in [5, 5.41) is 0. The van der Waals surface area contributed by atoms with Crippen LogP contribution in [0.3, 0.4) is 0 Å². The average Bonchev–Trinajstić information content (AvgIpc) is 2.16. The number of carbonyl (C=O) groups is 1. The van der Waals surface area contributed by atoms with Crippen molar-refractivity contribution in [2.75, 3.05) is 33.0 Å². The third kappa shape index (κ3) is 8.47. The first-order valence-electron chi connectivity index (χ1n) is 4.64. The summed E-state index contributed by atoms with van der Waals surface area (Å²) in [6, 6.07) is 0. The van der Waals surface area contributed by atoms with Crippen molar-refractivity contribution in [2.24, 2.45) is 0 Å². The fourth-order valence-electron chi connectivity index (χ4n) is 0.680. The zero-order valence-corrected chi connectivity index (χ0v) is 10.2. The molecule has 0 saturated carbocycles. The number of rotatable bonds is 8. The van der Waals surface area contributed by atoms with Gasteiger partial charge in [0.1, 0.15) is 11.4 Å². The van der Waals surface area contributed by atoms with Gasteiger partial charge in [0.05, 0.1) is 19.8 Å². The molecule has 0 aliphatic heterocycles. The molecule has 0 bridgehead atoms. The molecule has 0 N–H and O–H groups in total. The van der Waals surface area contributed by atoms with Crippen LogP contribution in [0, 0.1) is 0 Å². The highest BCUT2D eigenvalue weighted by molar-refractivity contribution is 9.10. The number of ether oxygens (including phenoxy) is 3. The molecule has 0 aliphatic carbocycles. The maximum atomic E-state index is 10.9. The summed E-state index contributed by atoms with van der Waals surface area (Å²) < 4.78 is 15.1. The van der Waals surface area contributed by atoms with Gasteiger partial charge in [0.15, 0.2) is 0 Å². The van der Waals surface area contributed by atoms with Crippen LogP contribution in [0.5, 0.6) is 0 Å². The minimum absolute atomic E-state index is 0.258. The first-order chi connectivity index (χ1) is 6.68. The Morgan fingerprint density at radius 1 is 1.21 bits per heavy atom. The third-order valence-corrected chi connectivity index (χ3v) is 1.75. The van der Waals surface area contributed by atoms with Crippen molar-refractivity contribution in [3.05, 3.63) is 0 Å². The predicted octanol–water partition coefficient (Wildman–Crippen LogP) is 1.37. The van der Waals surface area contributed by atoms with E-state index in [2.05, 4.69) is 15.9 Å². The molecule has 0 saturated heterocycles. The van der Waals surface area contributed by atoms with E-state index in [1.807, 2.05) is 6.92 Å². The van der Waals surface area contributed by atoms with Crippen molar-refractivity contribution in [1.29, 1.82) is 0 Å². The molecular formula is C9H17BrO4. The lowest BCUT2D eigenvalue weighted by molar-refractivity contribution is -0.144. The van der Waals surface area contributed by atoms with Crippen LogP contribution >= 0.6 is 15.9 Å². The van der Waals surface area contributed by atoms with E-state index < -0.39 is 0 Å². The van der Waals surface area contributed by atoms with Gasteiger partial charge in [-0.3, -0.25) is 4.79 Å². The van der Waals surface area contributed by atoms with Crippen LogP contribution in [0.4, 0.5) is 0 Å². The minimum atomic E-state index is -0.265. The lowest BCUT2D eigenvalue weighted by Gasteiger charge is -2.06. The van der Waals surface area contributed by atoms with E-state index in [4.69, 9.17) is 14.2 Å². The zero-order valence-electron chi connectivity index (χ0n) is 8.62. The largest absolute Gasteiger partial charge is 0.462 e. The van der Waals surface area contributed by atoms with Crippen LogP contribution in [-0.4, -0.2) is 43.8 Å². The number of esters is 1. The summed E-state index contributed by atoms with van der Waals surface area (Å²) in [7, 11) is 0. The number of alkyl halides is 1. The zero-order chi connectivity index (χ0) is 10.8. The molecule has 0 aliphatic rings. The maximum absolute atomic E-state index is 10.9. The molecule has 0 fully saturated rings. The van der Waals surface area contributed by atoms with Crippen LogP contribution in [0.1, 0.15) is 13.8 Å². The Morgan fingerprint density at radius 3 is 2.36 bits per heavy atom. The standard InChI is InChI=1S/C9H17BrO4/c1-3-12-4-5-13-6-7-14-9(11)8(2)10/h8H,3-7H2,1-2H3/t8-/m1/s1. The van der Waals surface area contributed by atoms with E-state index in [9.17, 15) is 4.79 Å². The Kier molecular flexibility index (Phi) is 9.34. The molecule has 0 amide bonds. The van der Waals surface area contributed by atoms with E-state index in [0.29, 0.717) is 33.0 Å². The van der Waals surface area contributed by atoms with Crippen molar-refractivity contribution < 1.29 is 19.0 Å². The molecule has 14 heavy (non-hydrogen) atoms. The van der Waals surface area contributed by atoms with Gasteiger partial charge < -0.3 is 14.2 Å². The Bertz CT molecular complexity index is 150. The second kappa shape index (κ2) is 9.43. The van der Waals surface area contributed by atoms with Crippen LogP contribution < -0.4 is 0 Å². The number of halogens is 1. The highest BCUT2D eigenvalue weighted by Gasteiger charge is 2.08. The van der Waals surface area contributed by atoms with E-state index in [1.165, 1.54) is 0 Å². The monoisotopic (exact) mass is 268 g/mol. The molecular weight excluding hydrogens is 252 g/mol. The van der Waals surface area contributed by atoms with Gasteiger partial charge in [0.2, 0.25) is 0 Å². The molecule has 0 aromatic heterocycles. The van der Waals surface area contributed by atoms with Crippen molar-refractivity contribution in [1.82, 2.24) is 0 Å². The molecule has 0 unspecified atom stereocenters. The Hall–Kier alpha value is -0.130.